The lowest BCUT2D eigenvalue weighted by molar-refractivity contribution is 0.867. The summed E-state index contributed by atoms with van der Waals surface area (Å²) in [5.74, 6) is 0.591. The Labute approximate surface area is 91.6 Å². The second kappa shape index (κ2) is 4.31. The Hall–Kier alpha value is -1.56. The number of hydrogen-bond acceptors (Lipinski definition) is 0. The van der Waals surface area contributed by atoms with Gasteiger partial charge in [-0.25, -0.2) is 0 Å². The van der Waals surface area contributed by atoms with E-state index in [4.69, 9.17) is 0 Å². The molecular formula is C15H16. The molecule has 0 amide bonds. The Morgan fingerprint density at radius 2 is 1.40 bits per heavy atom. The van der Waals surface area contributed by atoms with Gasteiger partial charge < -0.3 is 0 Å². The molecule has 0 nitrogen and oxygen atoms in total. The lowest BCUT2D eigenvalue weighted by Gasteiger charge is -2.08. The van der Waals surface area contributed by atoms with E-state index in [9.17, 15) is 0 Å². The predicted molar refractivity (Wildman–Crippen MR) is 66.0 cm³/mol. The number of rotatable bonds is 2. The van der Waals surface area contributed by atoms with Gasteiger partial charge in [0.05, 0.1) is 0 Å². The molecule has 0 atom stereocenters. The molecule has 0 bridgehead atoms. The molecule has 0 N–H and O–H groups in total. The van der Waals surface area contributed by atoms with Gasteiger partial charge in [0.15, 0.2) is 0 Å². The average Bonchev–Trinajstić information content (AvgIpc) is 2.30. The zero-order valence-electron chi connectivity index (χ0n) is 9.27. The molecule has 0 saturated heterocycles. The van der Waals surface area contributed by atoms with Crippen LogP contribution in [0.15, 0.2) is 54.6 Å². The van der Waals surface area contributed by atoms with Gasteiger partial charge in [-0.05, 0) is 22.6 Å². The number of benzene rings is 2. The van der Waals surface area contributed by atoms with Crippen LogP contribution in [0.2, 0.25) is 0 Å². The van der Waals surface area contributed by atoms with E-state index in [-0.39, 0.29) is 0 Å². The highest BCUT2D eigenvalue weighted by Crippen LogP contribution is 2.23. The van der Waals surface area contributed by atoms with Gasteiger partial charge in [-0.1, -0.05) is 68.4 Å². The maximum atomic E-state index is 2.28. The van der Waals surface area contributed by atoms with Crippen LogP contribution in [-0.4, -0.2) is 0 Å². The summed E-state index contributed by atoms with van der Waals surface area (Å²) in [4.78, 5) is 0. The van der Waals surface area contributed by atoms with Crippen molar-refractivity contribution in [1.82, 2.24) is 0 Å². The molecule has 0 heteroatoms. The molecule has 0 radical (unpaired) electrons. The van der Waals surface area contributed by atoms with Crippen LogP contribution in [0.25, 0.3) is 11.1 Å². The van der Waals surface area contributed by atoms with Crippen LogP contribution in [0.5, 0.6) is 0 Å². The molecule has 2 aromatic carbocycles. The Morgan fingerprint density at radius 1 is 0.733 bits per heavy atom. The monoisotopic (exact) mass is 196 g/mol. The van der Waals surface area contributed by atoms with Gasteiger partial charge >= 0.3 is 0 Å². The Morgan fingerprint density at radius 3 is 2.07 bits per heavy atom. The molecule has 0 aliphatic carbocycles. The van der Waals surface area contributed by atoms with Crippen LogP contribution in [-0.2, 0) is 0 Å². The smallest absolute Gasteiger partial charge is 0.0181 e. The highest BCUT2D eigenvalue weighted by Gasteiger charge is 2.01. The fourth-order valence-electron chi connectivity index (χ4n) is 1.71. The minimum Gasteiger partial charge on any atom is -0.0622 e. The van der Waals surface area contributed by atoms with Crippen molar-refractivity contribution in [2.24, 2.45) is 0 Å². The van der Waals surface area contributed by atoms with Crippen molar-refractivity contribution < 1.29 is 0 Å². The first kappa shape index (κ1) is 9.97. The normalized spacial score (nSPS) is 10.6. The van der Waals surface area contributed by atoms with Crippen molar-refractivity contribution in [2.45, 2.75) is 19.8 Å². The SMILES string of the molecule is CC(C)c1cccc(-c2ccccc2)c1. The van der Waals surface area contributed by atoms with Gasteiger partial charge in [-0.2, -0.15) is 0 Å². The van der Waals surface area contributed by atoms with Crippen LogP contribution in [0, 0.1) is 0 Å². The molecule has 0 aromatic heterocycles. The molecule has 0 saturated carbocycles. The van der Waals surface area contributed by atoms with Crippen LogP contribution in [0.3, 0.4) is 0 Å². The maximum Gasteiger partial charge on any atom is -0.0181 e. The van der Waals surface area contributed by atoms with Gasteiger partial charge in [-0.3, -0.25) is 0 Å². The summed E-state index contributed by atoms with van der Waals surface area (Å²) >= 11 is 0. The molecule has 2 aromatic rings. The van der Waals surface area contributed by atoms with E-state index in [1.165, 1.54) is 16.7 Å². The largest absolute Gasteiger partial charge is 0.0622 e. The van der Waals surface area contributed by atoms with Gasteiger partial charge in [0, 0.05) is 0 Å². The predicted octanol–water partition coefficient (Wildman–Crippen LogP) is 4.48. The van der Waals surface area contributed by atoms with Gasteiger partial charge in [0.2, 0.25) is 0 Å². The molecule has 2 rings (SSSR count). The van der Waals surface area contributed by atoms with E-state index < -0.39 is 0 Å². The molecule has 76 valence electrons. The van der Waals surface area contributed by atoms with E-state index >= 15 is 0 Å². The van der Waals surface area contributed by atoms with Crippen molar-refractivity contribution in [2.75, 3.05) is 0 Å². The summed E-state index contributed by atoms with van der Waals surface area (Å²) in [6.45, 7) is 4.45. The molecule has 0 spiro atoms. The Bertz CT molecular complexity index is 427. The quantitative estimate of drug-likeness (QED) is 0.664. The van der Waals surface area contributed by atoms with Crippen molar-refractivity contribution in [3.63, 3.8) is 0 Å². The average molecular weight is 196 g/mol. The van der Waals surface area contributed by atoms with Crippen molar-refractivity contribution >= 4 is 0 Å². The molecule has 0 heterocycles. The topological polar surface area (TPSA) is 0 Å². The summed E-state index contributed by atoms with van der Waals surface area (Å²) in [6.07, 6.45) is 0. The standard InChI is InChI=1S/C15H16/c1-12(2)14-9-6-10-15(11-14)13-7-4-3-5-8-13/h3-12H,1-2H3. The summed E-state index contributed by atoms with van der Waals surface area (Å²) in [5.41, 5.74) is 4.00. The minimum absolute atomic E-state index is 0.591. The lowest BCUT2D eigenvalue weighted by Crippen LogP contribution is -1.87. The third-order valence-corrected chi connectivity index (χ3v) is 2.66. The lowest BCUT2D eigenvalue weighted by atomic mass is 9.98. The zero-order chi connectivity index (χ0) is 10.7. The highest BCUT2D eigenvalue weighted by atomic mass is 14.1. The fraction of sp³-hybridized carbons (Fsp3) is 0.200. The van der Waals surface area contributed by atoms with E-state index in [1.807, 2.05) is 0 Å². The van der Waals surface area contributed by atoms with Crippen molar-refractivity contribution in [3.8, 4) is 11.1 Å². The summed E-state index contributed by atoms with van der Waals surface area (Å²) in [7, 11) is 0. The Balaban J connectivity index is 2.42. The fourth-order valence-corrected chi connectivity index (χ4v) is 1.71. The molecule has 15 heavy (non-hydrogen) atoms. The Kier molecular flexibility index (Phi) is 2.86. The number of hydrogen-bond donors (Lipinski definition) is 0. The van der Waals surface area contributed by atoms with Gasteiger partial charge in [-0.15, -0.1) is 0 Å². The molecule has 0 aliphatic rings. The van der Waals surface area contributed by atoms with E-state index in [0.717, 1.165) is 0 Å². The van der Waals surface area contributed by atoms with Crippen LogP contribution in [0.1, 0.15) is 25.3 Å². The minimum atomic E-state index is 0.591. The van der Waals surface area contributed by atoms with Gasteiger partial charge in [0.25, 0.3) is 0 Å². The van der Waals surface area contributed by atoms with Crippen molar-refractivity contribution in [3.05, 3.63) is 60.2 Å². The summed E-state index contributed by atoms with van der Waals surface area (Å²) in [5, 5.41) is 0. The maximum absolute atomic E-state index is 2.28. The molecule has 0 unspecified atom stereocenters. The summed E-state index contributed by atoms with van der Waals surface area (Å²) < 4.78 is 0. The third kappa shape index (κ3) is 2.27. The van der Waals surface area contributed by atoms with E-state index in [2.05, 4.69) is 68.4 Å². The van der Waals surface area contributed by atoms with Crippen molar-refractivity contribution in [1.29, 1.82) is 0 Å². The van der Waals surface area contributed by atoms with E-state index in [1.54, 1.807) is 0 Å². The molecule has 0 fully saturated rings. The highest BCUT2D eigenvalue weighted by molar-refractivity contribution is 5.64. The van der Waals surface area contributed by atoms with E-state index in [0.29, 0.717) is 5.92 Å². The first-order chi connectivity index (χ1) is 7.27. The zero-order valence-corrected chi connectivity index (χ0v) is 9.27. The van der Waals surface area contributed by atoms with Crippen LogP contribution in [0.4, 0.5) is 0 Å². The third-order valence-electron chi connectivity index (χ3n) is 2.66. The second-order valence-corrected chi connectivity index (χ2v) is 4.15. The summed E-state index contributed by atoms with van der Waals surface area (Å²) in [6, 6.07) is 19.3. The van der Waals surface area contributed by atoms with Crippen LogP contribution < -0.4 is 0 Å². The van der Waals surface area contributed by atoms with Gasteiger partial charge in [0.1, 0.15) is 0 Å². The second-order valence-electron chi connectivity index (χ2n) is 4.15. The first-order valence-electron chi connectivity index (χ1n) is 5.43. The molecule has 0 aliphatic heterocycles. The first-order valence-corrected chi connectivity index (χ1v) is 5.43. The molecular weight excluding hydrogens is 180 g/mol. The van der Waals surface area contributed by atoms with Crippen LogP contribution >= 0.6 is 0 Å².